The molecule has 1 N–H and O–H groups in total. The minimum Gasteiger partial charge on any atom is -0.493 e. The standard InChI is InChI=1S/C14H22ClNO2S/c1-4-5-16-10-11-8-12(15)14(13(9-11)17-2)18-6-7-19-3/h8-9,16H,4-7,10H2,1-3H3. The Balaban J connectivity index is 2.76. The Hall–Kier alpha value is -0.580. The summed E-state index contributed by atoms with van der Waals surface area (Å²) in [5.74, 6) is 2.26. The molecular weight excluding hydrogens is 282 g/mol. The highest BCUT2D eigenvalue weighted by Crippen LogP contribution is 2.36. The van der Waals surface area contributed by atoms with Gasteiger partial charge in [0.25, 0.3) is 0 Å². The average molecular weight is 304 g/mol. The number of hydrogen-bond donors (Lipinski definition) is 1. The molecule has 0 unspecified atom stereocenters. The monoisotopic (exact) mass is 303 g/mol. The second kappa shape index (κ2) is 9.34. The van der Waals surface area contributed by atoms with Crippen LogP contribution in [0.3, 0.4) is 0 Å². The van der Waals surface area contributed by atoms with E-state index in [0.29, 0.717) is 23.1 Å². The van der Waals surface area contributed by atoms with Crippen LogP contribution in [0.2, 0.25) is 5.02 Å². The summed E-state index contributed by atoms with van der Waals surface area (Å²) in [5.41, 5.74) is 1.10. The van der Waals surface area contributed by atoms with Crippen molar-refractivity contribution in [3.8, 4) is 11.5 Å². The number of halogens is 1. The zero-order valence-corrected chi connectivity index (χ0v) is 13.4. The van der Waals surface area contributed by atoms with Gasteiger partial charge in [0, 0.05) is 12.3 Å². The van der Waals surface area contributed by atoms with Crippen LogP contribution < -0.4 is 14.8 Å². The van der Waals surface area contributed by atoms with Crippen LogP contribution >= 0.6 is 23.4 Å². The normalized spacial score (nSPS) is 10.5. The molecule has 0 saturated carbocycles. The molecule has 0 aliphatic heterocycles. The zero-order valence-electron chi connectivity index (χ0n) is 11.8. The third-order valence-electron chi connectivity index (χ3n) is 2.58. The molecule has 0 aliphatic carbocycles. The molecule has 0 aromatic heterocycles. The van der Waals surface area contributed by atoms with E-state index in [1.165, 1.54) is 0 Å². The number of benzene rings is 1. The Morgan fingerprint density at radius 2 is 2.16 bits per heavy atom. The van der Waals surface area contributed by atoms with Crippen molar-refractivity contribution in [3.05, 3.63) is 22.7 Å². The summed E-state index contributed by atoms with van der Waals surface area (Å²) in [6, 6.07) is 3.91. The fourth-order valence-electron chi connectivity index (χ4n) is 1.65. The number of ether oxygens (including phenoxy) is 2. The molecule has 3 nitrogen and oxygen atoms in total. The zero-order chi connectivity index (χ0) is 14.1. The minimum absolute atomic E-state index is 0.605. The van der Waals surface area contributed by atoms with E-state index < -0.39 is 0 Å². The highest BCUT2D eigenvalue weighted by molar-refractivity contribution is 7.98. The van der Waals surface area contributed by atoms with Gasteiger partial charge >= 0.3 is 0 Å². The smallest absolute Gasteiger partial charge is 0.179 e. The van der Waals surface area contributed by atoms with Crippen LogP contribution in [0, 0.1) is 0 Å². The van der Waals surface area contributed by atoms with E-state index in [2.05, 4.69) is 12.2 Å². The van der Waals surface area contributed by atoms with E-state index in [9.17, 15) is 0 Å². The average Bonchev–Trinajstić information content (AvgIpc) is 2.41. The molecule has 0 heterocycles. The first-order chi connectivity index (χ1) is 9.22. The van der Waals surface area contributed by atoms with Gasteiger partial charge in [0.2, 0.25) is 0 Å². The number of rotatable bonds is 9. The molecule has 5 heteroatoms. The molecular formula is C14H22ClNO2S. The van der Waals surface area contributed by atoms with Crippen LogP contribution in [-0.4, -0.2) is 32.3 Å². The van der Waals surface area contributed by atoms with Crippen LogP contribution in [0.4, 0.5) is 0 Å². The lowest BCUT2D eigenvalue weighted by atomic mass is 10.2. The Kier molecular flexibility index (Phi) is 8.10. The summed E-state index contributed by atoms with van der Waals surface area (Å²) in [7, 11) is 1.64. The van der Waals surface area contributed by atoms with Crippen LogP contribution in [-0.2, 0) is 6.54 Å². The summed E-state index contributed by atoms with van der Waals surface area (Å²) in [5, 5.41) is 3.95. The van der Waals surface area contributed by atoms with Crippen molar-refractivity contribution >= 4 is 23.4 Å². The molecule has 1 rings (SSSR count). The largest absolute Gasteiger partial charge is 0.493 e. The number of thioether (sulfide) groups is 1. The minimum atomic E-state index is 0.605. The van der Waals surface area contributed by atoms with Gasteiger partial charge in [-0.3, -0.25) is 0 Å². The predicted molar refractivity (Wildman–Crippen MR) is 83.9 cm³/mol. The lowest BCUT2D eigenvalue weighted by Gasteiger charge is -2.14. The summed E-state index contributed by atoms with van der Waals surface area (Å²) < 4.78 is 11.0. The summed E-state index contributed by atoms with van der Waals surface area (Å²) in [6.45, 7) is 4.55. The van der Waals surface area contributed by atoms with Gasteiger partial charge in [-0.15, -0.1) is 0 Å². The molecule has 19 heavy (non-hydrogen) atoms. The first-order valence-electron chi connectivity index (χ1n) is 6.41. The van der Waals surface area contributed by atoms with E-state index >= 15 is 0 Å². The van der Waals surface area contributed by atoms with Crippen LogP contribution in [0.5, 0.6) is 11.5 Å². The Morgan fingerprint density at radius 3 is 2.79 bits per heavy atom. The van der Waals surface area contributed by atoms with Crippen LogP contribution in [0.25, 0.3) is 0 Å². The van der Waals surface area contributed by atoms with Crippen molar-refractivity contribution in [1.82, 2.24) is 5.32 Å². The summed E-state index contributed by atoms with van der Waals surface area (Å²) in [4.78, 5) is 0. The molecule has 0 saturated heterocycles. The maximum Gasteiger partial charge on any atom is 0.179 e. The topological polar surface area (TPSA) is 30.5 Å². The van der Waals surface area contributed by atoms with Crippen molar-refractivity contribution in [2.45, 2.75) is 19.9 Å². The molecule has 0 radical (unpaired) electrons. The molecule has 0 fully saturated rings. The number of nitrogens with one attached hydrogen (secondary N) is 1. The number of methoxy groups -OCH3 is 1. The van der Waals surface area contributed by atoms with Gasteiger partial charge < -0.3 is 14.8 Å². The molecule has 1 aromatic carbocycles. The lowest BCUT2D eigenvalue weighted by molar-refractivity contribution is 0.313. The molecule has 108 valence electrons. The van der Waals surface area contributed by atoms with E-state index in [-0.39, 0.29) is 0 Å². The van der Waals surface area contributed by atoms with Gasteiger partial charge in [-0.05, 0) is 36.9 Å². The Bertz CT molecular complexity index is 388. The fourth-order valence-corrected chi connectivity index (χ4v) is 2.19. The predicted octanol–water partition coefficient (Wildman–Crippen LogP) is 3.59. The maximum absolute atomic E-state index is 6.27. The first-order valence-corrected chi connectivity index (χ1v) is 8.19. The van der Waals surface area contributed by atoms with Gasteiger partial charge in [0.1, 0.15) is 0 Å². The van der Waals surface area contributed by atoms with E-state index in [1.54, 1.807) is 18.9 Å². The van der Waals surface area contributed by atoms with Crippen LogP contribution in [0.1, 0.15) is 18.9 Å². The third kappa shape index (κ3) is 5.51. The highest BCUT2D eigenvalue weighted by atomic mass is 35.5. The highest BCUT2D eigenvalue weighted by Gasteiger charge is 2.11. The van der Waals surface area contributed by atoms with Gasteiger partial charge in [-0.1, -0.05) is 18.5 Å². The molecule has 0 atom stereocenters. The molecule has 0 amide bonds. The Morgan fingerprint density at radius 1 is 1.37 bits per heavy atom. The molecule has 0 bridgehead atoms. The van der Waals surface area contributed by atoms with Gasteiger partial charge in [0.15, 0.2) is 11.5 Å². The van der Waals surface area contributed by atoms with E-state index in [0.717, 1.165) is 30.8 Å². The lowest BCUT2D eigenvalue weighted by Crippen LogP contribution is -2.14. The van der Waals surface area contributed by atoms with E-state index in [1.807, 2.05) is 18.4 Å². The van der Waals surface area contributed by atoms with Gasteiger partial charge in [-0.2, -0.15) is 11.8 Å². The SMILES string of the molecule is CCCNCc1cc(Cl)c(OCCSC)c(OC)c1. The van der Waals surface area contributed by atoms with Crippen molar-refractivity contribution in [1.29, 1.82) is 0 Å². The van der Waals surface area contributed by atoms with Crippen molar-refractivity contribution in [2.24, 2.45) is 0 Å². The third-order valence-corrected chi connectivity index (χ3v) is 3.43. The maximum atomic E-state index is 6.27. The van der Waals surface area contributed by atoms with Crippen molar-refractivity contribution in [3.63, 3.8) is 0 Å². The molecule has 1 aromatic rings. The molecule has 0 aliphatic rings. The van der Waals surface area contributed by atoms with E-state index in [4.69, 9.17) is 21.1 Å². The van der Waals surface area contributed by atoms with Gasteiger partial charge in [0.05, 0.1) is 18.7 Å². The first kappa shape index (κ1) is 16.5. The van der Waals surface area contributed by atoms with Crippen LogP contribution in [0.15, 0.2) is 12.1 Å². The summed E-state index contributed by atoms with van der Waals surface area (Å²) >= 11 is 8.00. The van der Waals surface area contributed by atoms with Gasteiger partial charge in [-0.25, -0.2) is 0 Å². The Labute approximate surface area is 125 Å². The van der Waals surface area contributed by atoms with Crippen molar-refractivity contribution < 1.29 is 9.47 Å². The summed E-state index contributed by atoms with van der Waals surface area (Å²) in [6.07, 6.45) is 3.16. The molecule has 0 spiro atoms. The second-order valence-electron chi connectivity index (χ2n) is 4.13. The quantitative estimate of drug-likeness (QED) is 0.706. The second-order valence-corrected chi connectivity index (χ2v) is 5.52. The fraction of sp³-hybridized carbons (Fsp3) is 0.571. The van der Waals surface area contributed by atoms with Crippen molar-refractivity contribution in [2.75, 3.05) is 32.3 Å². The number of hydrogen-bond acceptors (Lipinski definition) is 4.